The van der Waals surface area contributed by atoms with Crippen LogP contribution in [0.1, 0.15) is 123 Å². The number of nitrogens with zero attached hydrogens (tertiary/aromatic N) is 4. The zero-order valence-electron chi connectivity index (χ0n) is 32.6. The van der Waals surface area contributed by atoms with Crippen LogP contribution in [-0.2, 0) is 8.85 Å². The van der Waals surface area contributed by atoms with E-state index in [0.717, 1.165) is 77.7 Å². The van der Waals surface area contributed by atoms with Crippen molar-refractivity contribution < 1.29 is 8.85 Å². The van der Waals surface area contributed by atoms with Gasteiger partial charge in [-0.1, -0.05) is 95.9 Å². The van der Waals surface area contributed by atoms with Crippen LogP contribution in [0, 0.1) is 11.8 Å². The molecule has 0 aromatic rings. The monoisotopic (exact) mass is 687 g/mol. The minimum absolute atomic E-state index is 0.0553. The van der Waals surface area contributed by atoms with Gasteiger partial charge in [0, 0.05) is 22.7 Å². The summed E-state index contributed by atoms with van der Waals surface area (Å²) in [6, 6.07) is 2.32. The largest absolute Gasteiger partial charge is 0.418 e. The van der Waals surface area contributed by atoms with E-state index in [0.29, 0.717) is 43.7 Å². The van der Waals surface area contributed by atoms with E-state index in [2.05, 4.69) is 128 Å². The lowest BCUT2D eigenvalue weighted by Gasteiger charge is -2.60. The van der Waals surface area contributed by atoms with Crippen molar-refractivity contribution in [2.45, 2.75) is 157 Å². The topological polar surface area (TPSA) is 31.4 Å². The lowest BCUT2D eigenvalue weighted by atomic mass is 9.84. The van der Waals surface area contributed by atoms with Gasteiger partial charge in [-0.15, -0.1) is 11.8 Å². The molecular weight excluding hydrogens is 609 g/mol. The van der Waals surface area contributed by atoms with Crippen LogP contribution in [-0.4, -0.2) is 127 Å². The van der Waals surface area contributed by atoms with Gasteiger partial charge in [0.15, 0.2) is 0 Å². The third-order valence-corrected chi connectivity index (χ3v) is 14.7. The summed E-state index contributed by atoms with van der Waals surface area (Å²) in [4.78, 5) is 11.2. The standard InChI is InChI=1S/C36H78N4O2SSi2/c1-15-37(16-2)33(38(17-3)18-4)35(31(11)12,27-25-29-44-41-23-9)43-36(32(13)14,28-26-30-45-42-24-10)34(39(19-5)20-6)40(21-7)22-8/h31-34H,15-30H2,1-14H3. The van der Waals surface area contributed by atoms with Crippen LogP contribution < -0.4 is 0 Å². The minimum atomic E-state index is 0.0553. The third-order valence-electron chi connectivity index (χ3n) is 10.0. The average molecular weight is 687 g/mol. The second kappa shape index (κ2) is 25.5. The highest BCUT2D eigenvalue weighted by Crippen LogP contribution is 2.56. The van der Waals surface area contributed by atoms with Gasteiger partial charge >= 0.3 is 0 Å². The maximum Gasteiger partial charge on any atom is 0.229 e. The highest BCUT2D eigenvalue weighted by molar-refractivity contribution is 8.02. The Balaban J connectivity index is 7.75. The Morgan fingerprint density at radius 1 is 0.489 bits per heavy atom. The first-order chi connectivity index (χ1) is 21.5. The molecule has 0 saturated carbocycles. The highest BCUT2D eigenvalue weighted by atomic mass is 32.2. The van der Waals surface area contributed by atoms with Crippen molar-refractivity contribution in [3.05, 3.63) is 0 Å². The molecule has 0 heterocycles. The molecule has 45 heavy (non-hydrogen) atoms. The molecule has 0 N–H and O–H groups in total. The van der Waals surface area contributed by atoms with Crippen molar-refractivity contribution >= 4 is 31.3 Å². The SMILES string of the molecule is CCO[Si]CCCC(SC(CCC[Si]OCC)(C(C)C)C(N(CC)CC)N(CC)CC)(C(C)C)C(N(CC)CC)N(CC)CC. The van der Waals surface area contributed by atoms with Gasteiger partial charge in [-0.05, 0) is 103 Å². The fourth-order valence-corrected chi connectivity index (χ4v) is 11.2. The van der Waals surface area contributed by atoms with Gasteiger partial charge in [-0.25, -0.2) is 0 Å². The Kier molecular flexibility index (Phi) is 25.8. The fourth-order valence-electron chi connectivity index (χ4n) is 7.43. The lowest BCUT2D eigenvalue weighted by molar-refractivity contribution is -0.00378. The summed E-state index contributed by atoms with van der Waals surface area (Å²) in [5.41, 5.74) is 0. The zero-order chi connectivity index (χ0) is 34.5. The molecule has 0 saturated heterocycles. The van der Waals surface area contributed by atoms with E-state index < -0.39 is 0 Å². The van der Waals surface area contributed by atoms with Gasteiger partial charge in [0.05, 0.1) is 12.3 Å². The van der Waals surface area contributed by atoms with Gasteiger partial charge in [-0.3, -0.25) is 19.6 Å². The summed E-state index contributed by atoms with van der Waals surface area (Å²) >= 11 is 2.44. The smallest absolute Gasteiger partial charge is 0.229 e. The van der Waals surface area contributed by atoms with Crippen LogP contribution in [0.25, 0.3) is 0 Å². The van der Waals surface area contributed by atoms with Gasteiger partial charge in [0.25, 0.3) is 0 Å². The van der Waals surface area contributed by atoms with Crippen LogP contribution in [0.3, 0.4) is 0 Å². The highest BCUT2D eigenvalue weighted by Gasteiger charge is 2.56. The molecule has 0 aliphatic carbocycles. The van der Waals surface area contributed by atoms with Crippen molar-refractivity contribution in [2.75, 3.05) is 65.6 Å². The molecule has 0 aliphatic heterocycles. The summed E-state index contributed by atoms with van der Waals surface area (Å²) in [7, 11) is 1.20. The van der Waals surface area contributed by atoms with Gasteiger partial charge in [0.2, 0.25) is 19.5 Å². The molecule has 9 heteroatoms. The lowest BCUT2D eigenvalue weighted by Crippen LogP contribution is -2.68. The first-order valence-electron chi connectivity index (χ1n) is 18.9. The van der Waals surface area contributed by atoms with Gasteiger partial charge in [0.1, 0.15) is 0 Å². The molecule has 6 nitrogen and oxygen atoms in total. The average Bonchev–Trinajstić information content (AvgIpc) is 3.03. The second-order valence-corrected chi connectivity index (χ2v) is 16.7. The van der Waals surface area contributed by atoms with Crippen molar-refractivity contribution in [1.82, 2.24) is 19.6 Å². The van der Waals surface area contributed by atoms with Gasteiger partial charge < -0.3 is 8.85 Å². The number of thioether (sulfide) groups is 1. The van der Waals surface area contributed by atoms with Gasteiger partial charge in [-0.2, -0.15) is 0 Å². The van der Waals surface area contributed by atoms with E-state index in [4.69, 9.17) is 8.85 Å². The Labute approximate surface area is 292 Å². The molecule has 4 radical (unpaired) electrons. The van der Waals surface area contributed by atoms with Crippen LogP contribution in [0.5, 0.6) is 0 Å². The summed E-state index contributed by atoms with van der Waals surface area (Å²) in [5, 5.41) is 0. The molecular formula is C36H78N4O2SSi2. The molecule has 0 fully saturated rings. The summed E-state index contributed by atoms with van der Waals surface area (Å²) in [6.07, 6.45) is 5.60. The summed E-state index contributed by atoms with van der Waals surface area (Å²) in [6.45, 7) is 43.7. The molecule has 2 unspecified atom stereocenters. The Morgan fingerprint density at radius 3 is 0.956 bits per heavy atom. The Morgan fingerprint density at radius 2 is 0.756 bits per heavy atom. The first-order valence-corrected chi connectivity index (χ1v) is 22.0. The first kappa shape index (κ1) is 45.5. The Bertz CT molecular complexity index is 614. The molecule has 0 spiro atoms. The fraction of sp³-hybridized carbons (Fsp3) is 1.00. The zero-order valence-corrected chi connectivity index (χ0v) is 35.5. The molecule has 2 atom stereocenters. The maximum absolute atomic E-state index is 5.91. The molecule has 0 aromatic carbocycles. The van der Waals surface area contributed by atoms with Crippen molar-refractivity contribution in [1.29, 1.82) is 0 Å². The van der Waals surface area contributed by atoms with E-state index in [9.17, 15) is 0 Å². The minimum Gasteiger partial charge on any atom is -0.418 e. The quantitative estimate of drug-likeness (QED) is 0.0428. The van der Waals surface area contributed by atoms with E-state index in [1.807, 2.05) is 0 Å². The van der Waals surface area contributed by atoms with E-state index >= 15 is 0 Å². The summed E-state index contributed by atoms with van der Waals surface area (Å²) in [5.74, 6) is 1.03. The normalized spacial score (nSPS) is 15.6. The number of hydrogen-bond acceptors (Lipinski definition) is 7. The molecule has 0 amide bonds. The van der Waals surface area contributed by atoms with E-state index in [-0.39, 0.29) is 9.49 Å². The van der Waals surface area contributed by atoms with E-state index in [1.165, 1.54) is 25.7 Å². The predicted octanol–water partition coefficient (Wildman–Crippen LogP) is 8.24. The summed E-state index contributed by atoms with van der Waals surface area (Å²) < 4.78 is 11.9. The van der Waals surface area contributed by atoms with Crippen molar-refractivity contribution in [3.63, 3.8) is 0 Å². The van der Waals surface area contributed by atoms with Crippen LogP contribution in [0.15, 0.2) is 0 Å². The molecule has 0 bridgehead atoms. The molecule has 0 rings (SSSR count). The molecule has 0 aromatic heterocycles. The van der Waals surface area contributed by atoms with Crippen molar-refractivity contribution in [3.8, 4) is 0 Å². The van der Waals surface area contributed by atoms with Crippen LogP contribution in [0.4, 0.5) is 0 Å². The number of hydrogen-bond donors (Lipinski definition) is 0. The van der Waals surface area contributed by atoms with E-state index in [1.54, 1.807) is 0 Å². The predicted molar refractivity (Wildman–Crippen MR) is 205 cm³/mol. The third kappa shape index (κ3) is 13.1. The Hall–Kier alpha value is 0.544. The maximum atomic E-state index is 5.91. The molecule has 0 aliphatic rings. The van der Waals surface area contributed by atoms with Crippen molar-refractivity contribution in [2.24, 2.45) is 11.8 Å². The second-order valence-electron chi connectivity index (χ2n) is 12.8. The molecule has 268 valence electrons. The number of rotatable bonds is 30. The van der Waals surface area contributed by atoms with Crippen LogP contribution in [0.2, 0.25) is 12.1 Å². The van der Waals surface area contributed by atoms with Crippen LogP contribution >= 0.6 is 11.8 Å².